The van der Waals surface area contributed by atoms with Gasteiger partial charge in [-0.25, -0.2) is 6.57 Å². The number of benzene rings is 1. The Morgan fingerprint density at radius 1 is 1.16 bits per heavy atom. The Morgan fingerprint density at radius 3 is 2.44 bits per heavy atom. The smallest absolute Gasteiger partial charge is 0.871 e. The molecule has 0 bridgehead atoms. The number of thiophene rings is 2. The average molecular weight is 489 g/mol. The van der Waals surface area contributed by atoms with E-state index in [4.69, 9.17) is 6.57 Å². The van der Waals surface area contributed by atoms with Crippen LogP contribution in [0.3, 0.4) is 0 Å². The molecule has 0 spiro atoms. The van der Waals surface area contributed by atoms with E-state index in [0.29, 0.717) is 32.3 Å². The molecule has 158 valence electrons. The fourth-order valence-corrected chi connectivity index (χ4v) is 4.90. The number of hydrogen-bond donors (Lipinski definition) is 0. The van der Waals surface area contributed by atoms with Gasteiger partial charge in [-0.3, -0.25) is 14.6 Å². The average Bonchev–Trinajstić information content (AvgIpc) is 3.40. The maximum Gasteiger partial charge on any atom is 1.00 e. The van der Waals surface area contributed by atoms with Gasteiger partial charge in [-0.2, -0.15) is 0 Å². The first-order valence-electron chi connectivity index (χ1n) is 9.76. The molecule has 5 nitrogen and oxygen atoms in total. The predicted molar refractivity (Wildman–Crippen MR) is 125 cm³/mol. The van der Waals surface area contributed by atoms with Gasteiger partial charge in [-0.15, -0.1) is 22.7 Å². The molecule has 3 aromatic rings. The number of carbonyl (C=O) groups excluding carboxylic acids is 2. The minimum Gasteiger partial charge on any atom is -0.871 e. The number of hydrogen-bond acceptors (Lipinski definition) is 6. The standard InChI is InChI=1S/C24H22N2O3S2.K/c1-5-18(25-4)23(29)21-11-10-20(31-21)19(27)12-26-15(3)17-13-30-24(22(17)28)16-8-6-14(2)7-9-16;/h6-11,13,18,28H,5,12H2,1-3H3;/q;+1/p-1. The number of Topliss-reactive ketones (excluding diaryl/α,β-unsaturated/α-hetero) is 2. The number of ketones is 2. The maximum absolute atomic E-state index is 12.8. The van der Waals surface area contributed by atoms with Crippen molar-refractivity contribution >= 4 is 40.0 Å². The van der Waals surface area contributed by atoms with Crippen LogP contribution >= 0.6 is 22.7 Å². The molecule has 2 aromatic heterocycles. The Kier molecular flexibility index (Phi) is 10.2. The van der Waals surface area contributed by atoms with Gasteiger partial charge in [0.15, 0.2) is 5.78 Å². The van der Waals surface area contributed by atoms with E-state index in [2.05, 4.69) is 9.84 Å². The third-order valence-corrected chi connectivity index (χ3v) is 7.03. The summed E-state index contributed by atoms with van der Waals surface area (Å²) in [5.74, 6) is -0.559. The Balaban J connectivity index is 0.00000363. The quantitative estimate of drug-likeness (QED) is 0.212. The molecule has 32 heavy (non-hydrogen) atoms. The summed E-state index contributed by atoms with van der Waals surface area (Å²) in [4.78, 5) is 34.0. The topological polar surface area (TPSA) is 73.9 Å². The van der Waals surface area contributed by atoms with E-state index in [1.165, 1.54) is 11.3 Å². The van der Waals surface area contributed by atoms with Gasteiger partial charge in [0.05, 0.1) is 9.75 Å². The Hall–Kier alpha value is -1.44. The van der Waals surface area contributed by atoms with Gasteiger partial charge < -0.3 is 9.95 Å². The molecule has 0 aliphatic carbocycles. The first-order chi connectivity index (χ1) is 14.8. The number of aliphatic imine (C=N–C) groups is 1. The van der Waals surface area contributed by atoms with Crippen molar-refractivity contribution in [3.8, 4) is 16.2 Å². The van der Waals surface area contributed by atoms with Crippen LogP contribution in [0.1, 0.15) is 50.7 Å². The Morgan fingerprint density at radius 2 is 1.81 bits per heavy atom. The third kappa shape index (κ3) is 6.11. The van der Waals surface area contributed by atoms with Crippen LogP contribution in [-0.2, 0) is 0 Å². The molecule has 0 amide bonds. The molecule has 1 unspecified atom stereocenters. The van der Waals surface area contributed by atoms with E-state index in [9.17, 15) is 14.7 Å². The summed E-state index contributed by atoms with van der Waals surface area (Å²) in [7, 11) is 0. The molecule has 0 aliphatic heterocycles. The molecular weight excluding hydrogens is 468 g/mol. The van der Waals surface area contributed by atoms with Crippen LogP contribution in [0.15, 0.2) is 46.8 Å². The summed E-state index contributed by atoms with van der Waals surface area (Å²) in [6.07, 6.45) is 0.440. The van der Waals surface area contributed by atoms with E-state index in [0.717, 1.165) is 22.5 Å². The maximum atomic E-state index is 12.8. The summed E-state index contributed by atoms with van der Waals surface area (Å²) in [5.41, 5.74) is 3.01. The summed E-state index contributed by atoms with van der Waals surface area (Å²) in [6.45, 7) is 12.5. The van der Waals surface area contributed by atoms with Crippen LogP contribution in [-0.4, -0.2) is 29.9 Å². The molecule has 0 saturated heterocycles. The molecule has 0 fully saturated rings. The molecular formula is C24H21KN2O3S2. The number of rotatable bonds is 8. The molecule has 8 heteroatoms. The summed E-state index contributed by atoms with van der Waals surface area (Å²) < 4.78 is 0. The van der Waals surface area contributed by atoms with Gasteiger partial charge in [-0.05, 0) is 42.5 Å². The first-order valence-corrected chi connectivity index (χ1v) is 11.5. The van der Waals surface area contributed by atoms with Gasteiger partial charge in [0.1, 0.15) is 6.54 Å². The predicted octanol–water partition coefficient (Wildman–Crippen LogP) is 2.44. The third-order valence-electron chi connectivity index (χ3n) is 4.88. The van der Waals surface area contributed by atoms with Crippen LogP contribution < -0.4 is 56.5 Å². The second-order valence-electron chi connectivity index (χ2n) is 7.08. The zero-order valence-electron chi connectivity index (χ0n) is 18.5. The van der Waals surface area contributed by atoms with Crippen molar-refractivity contribution in [1.29, 1.82) is 0 Å². The largest absolute Gasteiger partial charge is 1.00 e. The number of aryl methyl sites for hydroxylation is 1. The van der Waals surface area contributed by atoms with E-state index in [1.807, 2.05) is 31.2 Å². The Bertz CT molecular complexity index is 1190. The molecule has 1 atom stereocenters. The molecule has 0 saturated carbocycles. The van der Waals surface area contributed by atoms with Crippen molar-refractivity contribution in [2.45, 2.75) is 33.2 Å². The van der Waals surface area contributed by atoms with Crippen LogP contribution in [0.5, 0.6) is 5.75 Å². The van der Waals surface area contributed by atoms with Crippen molar-refractivity contribution in [2.75, 3.05) is 6.54 Å². The summed E-state index contributed by atoms with van der Waals surface area (Å²) in [5, 5.41) is 14.6. The monoisotopic (exact) mass is 488 g/mol. The zero-order valence-corrected chi connectivity index (χ0v) is 23.2. The molecule has 0 radical (unpaired) electrons. The SMILES string of the molecule is [C-]#[N+]C(CC)C(=O)c1ccc(C(=O)CN=C(C)c2csc(-c3ccc(C)cc3)c2[O-])s1.[K+]. The van der Waals surface area contributed by atoms with E-state index in [-0.39, 0.29) is 75.2 Å². The summed E-state index contributed by atoms with van der Waals surface area (Å²) in [6, 6.07) is 10.3. The van der Waals surface area contributed by atoms with Crippen molar-refractivity contribution in [3.63, 3.8) is 0 Å². The summed E-state index contributed by atoms with van der Waals surface area (Å²) >= 11 is 2.46. The number of carbonyl (C=O) groups is 2. The fourth-order valence-electron chi connectivity index (χ4n) is 2.97. The first kappa shape index (κ1) is 26.8. The van der Waals surface area contributed by atoms with Crippen molar-refractivity contribution in [2.24, 2.45) is 4.99 Å². The van der Waals surface area contributed by atoms with Gasteiger partial charge in [0.25, 0.3) is 11.8 Å². The molecule has 2 heterocycles. The molecule has 3 rings (SSSR count). The van der Waals surface area contributed by atoms with Crippen molar-refractivity contribution < 1.29 is 66.1 Å². The Labute approximate surface area is 238 Å². The van der Waals surface area contributed by atoms with Gasteiger partial charge >= 0.3 is 51.4 Å². The molecule has 0 aliphatic rings. The number of nitrogens with zero attached hydrogens (tertiary/aromatic N) is 2. The van der Waals surface area contributed by atoms with E-state index < -0.39 is 6.04 Å². The minimum atomic E-state index is -0.710. The van der Waals surface area contributed by atoms with E-state index >= 15 is 0 Å². The van der Waals surface area contributed by atoms with Crippen molar-refractivity contribution in [3.05, 3.63) is 74.1 Å². The van der Waals surface area contributed by atoms with Gasteiger partial charge in [-0.1, -0.05) is 42.5 Å². The fraction of sp³-hybridized carbons (Fsp3) is 0.250. The molecule has 0 N–H and O–H groups in total. The van der Waals surface area contributed by atoms with Gasteiger partial charge in [0, 0.05) is 17.0 Å². The van der Waals surface area contributed by atoms with Crippen molar-refractivity contribution in [1.82, 2.24) is 0 Å². The van der Waals surface area contributed by atoms with Crippen LogP contribution in [0, 0.1) is 13.5 Å². The van der Waals surface area contributed by atoms with Crippen LogP contribution in [0.4, 0.5) is 0 Å². The second kappa shape index (κ2) is 12.1. The van der Waals surface area contributed by atoms with Crippen LogP contribution in [0.25, 0.3) is 15.3 Å². The van der Waals surface area contributed by atoms with Crippen LogP contribution in [0.2, 0.25) is 0 Å². The zero-order chi connectivity index (χ0) is 22.5. The van der Waals surface area contributed by atoms with Gasteiger partial charge in [0.2, 0.25) is 0 Å². The second-order valence-corrected chi connectivity index (χ2v) is 9.04. The molecule has 1 aromatic carbocycles. The normalized spacial score (nSPS) is 12.0. The minimum absolute atomic E-state index is 0. The van der Waals surface area contributed by atoms with E-state index in [1.54, 1.807) is 31.4 Å².